The summed E-state index contributed by atoms with van der Waals surface area (Å²) in [5, 5.41) is 32.9. The number of amides is 1. The van der Waals surface area contributed by atoms with E-state index in [-0.39, 0.29) is 18.4 Å². The van der Waals surface area contributed by atoms with Crippen LogP contribution in [-0.4, -0.2) is 45.8 Å². The number of benzene rings is 1. The van der Waals surface area contributed by atoms with Gasteiger partial charge in [0.25, 0.3) is 0 Å². The van der Waals surface area contributed by atoms with E-state index in [4.69, 9.17) is 4.74 Å². The van der Waals surface area contributed by atoms with E-state index in [1.165, 1.54) is 0 Å². The molecule has 1 aromatic rings. The molecule has 0 saturated carbocycles. The highest BCUT2D eigenvalue weighted by Gasteiger charge is 2.25. The van der Waals surface area contributed by atoms with Crippen molar-refractivity contribution in [3.63, 3.8) is 0 Å². The van der Waals surface area contributed by atoms with Gasteiger partial charge in [0.1, 0.15) is 6.61 Å². The standard InChI is InChI=1S/C21H35NO5/c1-14(2)19(24)20(25)15(3)9-8-12-18(23)16(4)22-21(26)27-13-17-10-6-5-7-11-17/h5-7,10-11,14-16,18-20,23-25H,8-9,12-13H2,1-4H3,(H,22,26). The van der Waals surface area contributed by atoms with Crippen molar-refractivity contribution >= 4 is 6.09 Å². The van der Waals surface area contributed by atoms with Crippen molar-refractivity contribution in [1.82, 2.24) is 5.32 Å². The van der Waals surface area contributed by atoms with Crippen molar-refractivity contribution in [1.29, 1.82) is 0 Å². The second-order valence-corrected chi connectivity index (χ2v) is 7.70. The Labute approximate surface area is 162 Å². The third-order valence-corrected chi connectivity index (χ3v) is 4.91. The highest BCUT2D eigenvalue weighted by Crippen LogP contribution is 2.20. The van der Waals surface area contributed by atoms with Crippen molar-refractivity contribution in [2.24, 2.45) is 11.8 Å². The van der Waals surface area contributed by atoms with Gasteiger partial charge in [0, 0.05) is 0 Å². The molecule has 4 N–H and O–H groups in total. The molecule has 0 fully saturated rings. The molecular formula is C21H35NO5. The van der Waals surface area contributed by atoms with Crippen LogP contribution in [0.2, 0.25) is 0 Å². The number of carbonyl (C=O) groups is 1. The summed E-state index contributed by atoms with van der Waals surface area (Å²) in [6.07, 6.45) is -0.907. The number of hydrogen-bond acceptors (Lipinski definition) is 5. The Kier molecular flexibility index (Phi) is 10.4. The van der Waals surface area contributed by atoms with E-state index in [1.807, 2.05) is 51.1 Å². The van der Waals surface area contributed by atoms with Crippen molar-refractivity contribution < 1.29 is 24.9 Å². The summed E-state index contributed by atoms with van der Waals surface area (Å²) in [6.45, 7) is 7.55. The topological polar surface area (TPSA) is 99.0 Å². The minimum atomic E-state index is -0.773. The van der Waals surface area contributed by atoms with Crippen LogP contribution >= 0.6 is 0 Å². The van der Waals surface area contributed by atoms with E-state index >= 15 is 0 Å². The normalized spacial score (nSPS) is 17.0. The smallest absolute Gasteiger partial charge is 0.407 e. The maximum absolute atomic E-state index is 11.8. The monoisotopic (exact) mass is 381 g/mol. The summed E-state index contributed by atoms with van der Waals surface area (Å²) >= 11 is 0. The van der Waals surface area contributed by atoms with E-state index in [1.54, 1.807) is 6.92 Å². The van der Waals surface area contributed by atoms with Gasteiger partial charge in [-0.1, -0.05) is 57.5 Å². The molecule has 0 bridgehead atoms. The molecule has 5 atom stereocenters. The summed E-state index contributed by atoms with van der Waals surface area (Å²) in [4.78, 5) is 11.8. The molecule has 0 aliphatic heterocycles. The third kappa shape index (κ3) is 8.73. The summed E-state index contributed by atoms with van der Waals surface area (Å²) in [7, 11) is 0. The lowest BCUT2D eigenvalue weighted by atomic mass is 9.89. The van der Waals surface area contributed by atoms with Gasteiger partial charge in [-0.05, 0) is 37.2 Å². The van der Waals surface area contributed by atoms with Gasteiger partial charge in [0.2, 0.25) is 0 Å². The summed E-state index contributed by atoms with van der Waals surface area (Å²) in [6, 6.07) is 8.96. The number of aliphatic hydroxyl groups excluding tert-OH is 3. The van der Waals surface area contributed by atoms with E-state index < -0.39 is 30.4 Å². The number of nitrogens with one attached hydrogen (secondary N) is 1. The number of rotatable bonds is 11. The molecule has 1 rings (SSSR count). The Morgan fingerprint density at radius 1 is 1.00 bits per heavy atom. The number of ether oxygens (including phenoxy) is 1. The number of hydrogen-bond donors (Lipinski definition) is 4. The molecule has 0 aliphatic rings. The van der Waals surface area contributed by atoms with Gasteiger partial charge in [-0.25, -0.2) is 4.79 Å². The van der Waals surface area contributed by atoms with E-state index in [2.05, 4.69) is 5.32 Å². The fourth-order valence-electron chi connectivity index (χ4n) is 2.85. The molecule has 154 valence electrons. The molecule has 0 radical (unpaired) electrons. The Bertz CT molecular complexity index is 537. The zero-order valence-corrected chi connectivity index (χ0v) is 16.8. The highest BCUT2D eigenvalue weighted by atomic mass is 16.5. The highest BCUT2D eigenvalue weighted by molar-refractivity contribution is 5.67. The first-order valence-electron chi connectivity index (χ1n) is 9.73. The third-order valence-electron chi connectivity index (χ3n) is 4.91. The van der Waals surface area contributed by atoms with Crippen molar-refractivity contribution in [2.75, 3.05) is 0 Å². The summed E-state index contributed by atoms with van der Waals surface area (Å²) < 4.78 is 5.15. The van der Waals surface area contributed by atoms with Gasteiger partial charge in [-0.3, -0.25) is 0 Å². The van der Waals surface area contributed by atoms with Crippen LogP contribution in [0.5, 0.6) is 0 Å². The lowest BCUT2D eigenvalue weighted by Crippen LogP contribution is -2.41. The van der Waals surface area contributed by atoms with Crippen molar-refractivity contribution in [2.45, 2.75) is 77.9 Å². The number of carbonyl (C=O) groups excluding carboxylic acids is 1. The Morgan fingerprint density at radius 2 is 1.63 bits per heavy atom. The molecule has 0 spiro atoms. The van der Waals surface area contributed by atoms with Crippen LogP contribution < -0.4 is 5.32 Å². The minimum absolute atomic E-state index is 0.000777. The number of alkyl carbamates (subject to hydrolysis) is 1. The predicted molar refractivity (Wildman–Crippen MR) is 105 cm³/mol. The maximum atomic E-state index is 11.8. The van der Waals surface area contributed by atoms with Gasteiger partial charge < -0.3 is 25.4 Å². The lowest BCUT2D eigenvalue weighted by molar-refractivity contribution is -0.0387. The molecule has 0 heterocycles. The fraction of sp³-hybridized carbons (Fsp3) is 0.667. The predicted octanol–water partition coefficient (Wildman–Crippen LogP) is 2.85. The van der Waals surface area contributed by atoms with Crippen LogP contribution in [-0.2, 0) is 11.3 Å². The molecule has 0 aromatic heterocycles. The van der Waals surface area contributed by atoms with E-state index in [9.17, 15) is 20.1 Å². The zero-order valence-electron chi connectivity index (χ0n) is 16.8. The lowest BCUT2D eigenvalue weighted by Gasteiger charge is -2.27. The van der Waals surface area contributed by atoms with Crippen LogP contribution in [0, 0.1) is 11.8 Å². The molecule has 6 heteroatoms. The first-order chi connectivity index (χ1) is 12.7. The van der Waals surface area contributed by atoms with Gasteiger partial charge in [0.05, 0.1) is 24.4 Å². The second kappa shape index (κ2) is 12.0. The van der Waals surface area contributed by atoms with Crippen molar-refractivity contribution in [3.8, 4) is 0 Å². The molecule has 1 aromatic carbocycles. The van der Waals surface area contributed by atoms with Crippen molar-refractivity contribution in [3.05, 3.63) is 35.9 Å². The molecule has 27 heavy (non-hydrogen) atoms. The Balaban J connectivity index is 2.27. The van der Waals surface area contributed by atoms with E-state index in [0.717, 1.165) is 5.56 Å². The van der Waals surface area contributed by atoms with Crippen LogP contribution in [0.4, 0.5) is 4.79 Å². The van der Waals surface area contributed by atoms with Gasteiger partial charge in [0.15, 0.2) is 0 Å². The molecule has 6 nitrogen and oxygen atoms in total. The molecule has 0 aliphatic carbocycles. The maximum Gasteiger partial charge on any atom is 0.407 e. The minimum Gasteiger partial charge on any atom is -0.445 e. The molecule has 5 unspecified atom stereocenters. The quantitative estimate of drug-likeness (QED) is 0.472. The summed E-state index contributed by atoms with van der Waals surface area (Å²) in [5.74, 6) is -0.0622. The zero-order chi connectivity index (χ0) is 20.4. The number of aliphatic hydroxyl groups is 3. The fourth-order valence-corrected chi connectivity index (χ4v) is 2.85. The van der Waals surface area contributed by atoms with Crippen LogP contribution in [0.3, 0.4) is 0 Å². The average Bonchev–Trinajstić information content (AvgIpc) is 2.65. The van der Waals surface area contributed by atoms with E-state index in [0.29, 0.717) is 19.3 Å². The average molecular weight is 382 g/mol. The first kappa shape index (κ1) is 23.4. The van der Waals surface area contributed by atoms with Crippen LogP contribution in [0.25, 0.3) is 0 Å². The summed E-state index contributed by atoms with van der Waals surface area (Å²) in [5.41, 5.74) is 0.900. The second-order valence-electron chi connectivity index (χ2n) is 7.70. The Morgan fingerprint density at radius 3 is 2.22 bits per heavy atom. The van der Waals surface area contributed by atoms with Gasteiger partial charge in [-0.2, -0.15) is 0 Å². The Hall–Kier alpha value is -1.63. The molecule has 1 amide bonds. The van der Waals surface area contributed by atoms with Gasteiger partial charge >= 0.3 is 6.09 Å². The largest absolute Gasteiger partial charge is 0.445 e. The first-order valence-corrected chi connectivity index (χ1v) is 9.73. The molecule has 0 saturated heterocycles. The molecular weight excluding hydrogens is 346 g/mol. The van der Waals surface area contributed by atoms with Crippen LogP contribution in [0.1, 0.15) is 52.5 Å². The SMILES string of the molecule is CC(C)C(O)C(O)C(C)CCCC(O)C(C)NC(=O)OCc1ccccc1. The van der Waals surface area contributed by atoms with Crippen LogP contribution in [0.15, 0.2) is 30.3 Å². The van der Waals surface area contributed by atoms with Gasteiger partial charge in [-0.15, -0.1) is 0 Å².